The van der Waals surface area contributed by atoms with Gasteiger partial charge < -0.3 is 5.73 Å². The Morgan fingerprint density at radius 1 is 1.47 bits per heavy atom. The van der Waals surface area contributed by atoms with Crippen molar-refractivity contribution in [1.29, 1.82) is 0 Å². The van der Waals surface area contributed by atoms with E-state index in [4.69, 9.17) is 5.73 Å². The second-order valence-corrected chi connectivity index (χ2v) is 4.63. The van der Waals surface area contributed by atoms with Crippen LogP contribution in [0.4, 0.5) is 10.1 Å². The molecule has 0 bridgehead atoms. The smallest absolute Gasteiger partial charge is 0.272 e. The van der Waals surface area contributed by atoms with Crippen LogP contribution in [0.3, 0.4) is 0 Å². The maximum absolute atomic E-state index is 13.5. The summed E-state index contributed by atoms with van der Waals surface area (Å²) in [6, 6.07) is 3.57. The van der Waals surface area contributed by atoms with Crippen molar-refractivity contribution in [3.63, 3.8) is 0 Å². The highest BCUT2D eigenvalue weighted by Gasteiger charge is 2.13. The lowest BCUT2D eigenvalue weighted by Crippen LogP contribution is -2.25. The van der Waals surface area contributed by atoms with Gasteiger partial charge in [0, 0.05) is 12.1 Å². The summed E-state index contributed by atoms with van der Waals surface area (Å²) < 4.78 is 13.5. The molecule has 1 rings (SSSR count). The Kier molecular flexibility index (Phi) is 4.57. The lowest BCUT2D eigenvalue weighted by molar-refractivity contribution is -0.385. The van der Waals surface area contributed by atoms with Crippen molar-refractivity contribution in [3.8, 4) is 0 Å². The second kappa shape index (κ2) is 5.72. The zero-order valence-corrected chi connectivity index (χ0v) is 10.0. The number of rotatable bonds is 5. The van der Waals surface area contributed by atoms with E-state index in [1.165, 1.54) is 12.1 Å². The summed E-state index contributed by atoms with van der Waals surface area (Å²) in [6.45, 7) is 4.10. The molecule has 0 aromatic heterocycles. The van der Waals surface area contributed by atoms with Crippen molar-refractivity contribution in [2.45, 2.75) is 32.7 Å². The Morgan fingerprint density at radius 3 is 2.59 bits per heavy atom. The average Bonchev–Trinajstić information content (AvgIpc) is 2.19. The van der Waals surface area contributed by atoms with Crippen molar-refractivity contribution in [3.05, 3.63) is 39.7 Å². The van der Waals surface area contributed by atoms with Gasteiger partial charge >= 0.3 is 0 Å². The van der Waals surface area contributed by atoms with Crippen LogP contribution < -0.4 is 5.73 Å². The Balaban J connectivity index is 2.75. The third-order valence-electron chi connectivity index (χ3n) is 2.50. The third kappa shape index (κ3) is 4.11. The van der Waals surface area contributed by atoms with Crippen molar-refractivity contribution in [1.82, 2.24) is 0 Å². The van der Waals surface area contributed by atoms with E-state index in [-0.39, 0.29) is 11.7 Å². The zero-order chi connectivity index (χ0) is 13.0. The van der Waals surface area contributed by atoms with Gasteiger partial charge in [-0.1, -0.05) is 13.8 Å². The van der Waals surface area contributed by atoms with Crippen molar-refractivity contribution in [2.24, 2.45) is 11.7 Å². The molecule has 0 heterocycles. The SMILES string of the molecule is CC(C)CC(N)Cc1ccc([N+](=O)[O-])cc1F. The largest absolute Gasteiger partial charge is 0.327 e. The molecular weight excluding hydrogens is 223 g/mol. The highest BCUT2D eigenvalue weighted by Crippen LogP contribution is 2.18. The van der Waals surface area contributed by atoms with Gasteiger partial charge in [-0.05, 0) is 30.4 Å². The number of nitrogens with two attached hydrogens (primary N) is 1. The Hall–Kier alpha value is -1.49. The Labute approximate surface area is 99.8 Å². The van der Waals surface area contributed by atoms with Crippen LogP contribution in [-0.2, 0) is 6.42 Å². The monoisotopic (exact) mass is 240 g/mol. The average molecular weight is 240 g/mol. The van der Waals surface area contributed by atoms with Gasteiger partial charge in [-0.15, -0.1) is 0 Å². The highest BCUT2D eigenvalue weighted by molar-refractivity contribution is 5.34. The molecule has 17 heavy (non-hydrogen) atoms. The molecule has 0 spiro atoms. The highest BCUT2D eigenvalue weighted by atomic mass is 19.1. The number of nitro benzene ring substituents is 1. The molecule has 1 aromatic rings. The maximum Gasteiger partial charge on any atom is 0.272 e. The normalized spacial score (nSPS) is 12.8. The Bertz CT molecular complexity index is 407. The topological polar surface area (TPSA) is 69.2 Å². The van der Waals surface area contributed by atoms with Crippen LogP contribution in [0.15, 0.2) is 18.2 Å². The van der Waals surface area contributed by atoms with E-state index in [0.29, 0.717) is 17.9 Å². The summed E-state index contributed by atoms with van der Waals surface area (Å²) >= 11 is 0. The molecule has 5 heteroatoms. The van der Waals surface area contributed by atoms with E-state index in [0.717, 1.165) is 12.5 Å². The molecule has 4 nitrogen and oxygen atoms in total. The molecule has 0 aliphatic heterocycles. The summed E-state index contributed by atoms with van der Waals surface area (Å²) in [5.74, 6) is -0.107. The van der Waals surface area contributed by atoms with E-state index in [9.17, 15) is 14.5 Å². The molecular formula is C12H17FN2O2. The minimum absolute atomic E-state index is 0.119. The second-order valence-electron chi connectivity index (χ2n) is 4.63. The van der Waals surface area contributed by atoms with E-state index in [1.807, 2.05) is 13.8 Å². The number of non-ortho nitro benzene ring substituents is 1. The molecule has 2 N–H and O–H groups in total. The van der Waals surface area contributed by atoms with Gasteiger partial charge in [-0.3, -0.25) is 10.1 Å². The zero-order valence-electron chi connectivity index (χ0n) is 10.0. The quantitative estimate of drug-likeness (QED) is 0.635. The van der Waals surface area contributed by atoms with Crippen molar-refractivity contribution < 1.29 is 9.31 Å². The first-order chi connectivity index (χ1) is 7.90. The minimum Gasteiger partial charge on any atom is -0.327 e. The first-order valence-electron chi connectivity index (χ1n) is 5.58. The van der Waals surface area contributed by atoms with Gasteiger partial charge in [0.05, 0.1) is 11.0 Å². The minimum atomic E-state index is -0.610. The molecule has 0 saturated heterocycles. The van der Waals surface area contributed by atoms with Crippen LogP contribution in [0.2, 0.25) is 0 Å². The van der Waals surface area contributed by atoms with Crippen LogP contribution in [0.5, 0.6) is 0 Å². The first-order valence-corrected chi connectivity index (χ1v) is 5.58. The van der Waals surface area contributed by atoms with Crippen LogP contribution in [-0.4, -0.2) is 11.0 Å². The van der Waals surface area contributed by atoms with Crippen LogP contribution in [0, 0.1) is 21.8 Å². The molecule has 94 valence electrons. The van der Waals surface area contributed by atoms with Gasteiger partial charge in [-0.25, -0.2) is 4.39 Å². The predicted molar refractivity (Wildman–Crippen MR) is 64.2 cm³/mol. The number of halogens is 1. The number of nitrogens with zero attached hydrogens (tertiary/aromatic N) is 1. The predicted octanol–water partition coefficient (Wildman–Crippen LogP) is 2.65. The first kappa shape index (κ1) is 13.6. The molecule has 0 aliphatic carbocycles. The summed E-state index contributed by atoms with van der Waals surface area (Å²) in [6.07, 6.45) is 1.21. The fraction of sp³-hybridized carbons (Fsp3) is 0.500. The number of nitro groups is 1. The standard InChI is InChI=1S/C12H17FN2O2/c1-8(2)5-10(14)6-9-3-4-11(15(16)17)7-12(9)13/h3-4,7-8,10H,5-6,14H2,1-2H3. The molecule has 1 unspecified atom stereocenters. The van der Waals surface area contributed by atoms with E-state index >= 15 is 0 Å². The number of benzene rings is 1. The molecule has 0 amide bonds. The van der Waals surface area contributed by atoms with E-state index < -0.39 is 10.7 Å². The fourth-order valence-corrected chi connectivity index (χ4v) is 1.79. The molecule has 1 aromatic carbocycles. The van der Waals surface area contributed by atoms with Crippen LogP contribution >= 0.6 is 0 Å². The van der Waals surface area contributed by atoms with Crippen molar-refractivity contribution >= 4 is 5.69 Å². The summed E-state index contributed by atoms with van der Waals surface area (Å²) in [7, 11) is 0. The molecule has 0 radical (unpaired) electrons. The number of hydrogen-bond donors (Lipinski definition) is 1. The maximum atomic E-state index is 13.5. The Morgan fingerprint density at radius 2 is 2.12 bits per heavy atom. The van der Waals surface area contributed by atoms with Crippen LogP contribution in [0.25, 0.3) is 0 Å². The van der Waals surface area contributed by atoms with Crippen LogP contribution in [0.1, 0.15) is 25.8 Å². The van der Waals surface area contributed by atoms with Gasteiger partial charge in [-0.2, -0.15) is 0 Å². The number of hydrogen-bond acceptors (Lipinski definition) is 3. The molecule has 0 fully saturated rings. The molecule has 0 saturated carbocycles. The summed E-state index contributed by atoms with van der Waals surface area (Å²) in [4.78, 5) is 9.84. The van der Waals surface area contributed by atoms with Gasteiger partial charge in [0.25, 0.3) is 5.69 Å². The molecule has 1 atom stereocenters. The third-order valence-corrected chi connectivity index (χ3v) is 2.50. The van der Waals surface area contributed by atoms with Crippen molar-refractivity contribution in [2.75, 3.05) is 0 Å². The van der Waals surface area contributed by atoms with E-state index in [1.54, 1.807) is 0 Å². The van der Waals surface area contributed by atoms with Gasteiger partial charge in [0.2, 0.25) is 0 Å². The summed E-state index contributed by atoms with van der Waals surface area (Å²) in [5.41, 5.74) is 6.07. The van der Waals surface area contributed by atoms with Gasteiger partial charge in [0.1, 0.15) is 5.82 Å². The lowest BCUT2D eigenvalue weighted by Gasteiger charge is -2.14. The fourth-order valence-electron chi connectivity index (χ4n) is 1.79. The molecule has 0 aliphatic rings. The lowest BCUT2D eigenvalue weighted by atomic mass is 9.98. The van der Waals surface area contributed by atoms with Gasteiger partial charge in [0.15, 0.2) is 0 Å². The summed E-state index contributed by atoms with van der Waals surface area (Å²) in [5, 5.41) is 10.4. The van der Waals surface area contributed by atoms with E-state index in [2.05, 4.69) is 0 Å².